The van der Waals surface area contributed by atoms with Crippen molar-refractivity contribution in [3.8, 4) is 11.3 Å². The monoisotopic (exact) mass is 501 g/mol. The Morgan fingerprint density at radius 2 is 1.82 bits per heavy atom. The first-order valence-corrected chi connectivity index (χ1v) is 14.3. The summed E-state index contributed by atoms with van der Waals surface area (Å²) in [6.07, 6.45) is 0.712. The van der Waals surface area contributed by atoms with Crippen LogP contribution in [0.15, 0.2) is 64.9 Å². The van der Waals surface area contributed by atoms with Gasteiger partial charge in [0.2, 0.25) is 21.5 Å². The number of thiazole rings is 1. The largest absolute Gasteiger partial charge is 0.370 e. The lowest BCUT2D eigenvalue weighted by atomic mass is 10.2. The minimum absolute atomic E-state index is 0.0186. The molecular formula is C22H25N4O4S2Si. The number of amides is 2. The van der Waals surface area contributed by atoms with E-state index in [0.29, 0.717) is 17.6 Å². The summed E-state index contributed by atoms with van der Waals surface area (Å²) in [5.74, 6) is -0.479. The van der Waals surface area contributed by atoms with Crippen LogP contribution in [0.1, 0.15) is 23.7 Å². The average molecular weight is 502 g/mol. The van der Waals surface area contributed by atoms with Crippen molar-refractivity contribution < 1.29 is 18.0 Å². The van der Waals surface area contributed by atoms with Crippen LogP contribution in [0.5, 0.6) is 0 Å². The SMILES string of the molecule is CCC[Si](NC(=O)c1cccc(S(=O)(=O)N(C)C)c1)C(=O)Nc1nc(-c2ccccc2)cs1. The van der Waals surface area contributed by atoms with Gasteiger partial charge in [0.05, 0.1) is 10.6 Å². The molecule has 0 aliphatic heterocycles. The van der Waals surface area contributed by atoms with Crippen LogP contribution in [0.3, 0.4) is 0 Å². The third kappa shape index (κ3) is 6.14. The second-order valence-corrected chi connectivity index (χ2v) is 12.5. The lowest BCUT2D eigenvalue weighted by molar-refractivity contribution is 0.0978. The van der Waals surface area contributed by atoms with Gasteiger partial charge >= 0.3 is 0 Å². The molecule has 0 bridgehead atoms. The fourth-order valence-corrected chi connectivity index (χ4v) is 6.35. The highest BCUT2D eigenvalue weighted by Gasteiger charge is 2.26. The molecule has 2 N–H and O–H groups in total. The molecule has 0 aliphatic carbocycles. The zero-order chi connectivity index (χ0) is 24.0. The Bertz CT molecular complexity index is 1230. The Kier molecular flexibility index (Phi) is 8.14. The molecule has 3 rings (SSSR count). The molecule has 0 saturated carbocycles. The lowest BCUT2D eigenvalue weighted by Crippen LogP contribution is -2.47. The first kappa shape index (κ1) is 24.8. The van der Waals surface area contributed by atoms with Crippen LogP contribution in [0.4, 0.5) is 9.93 Å². The predicted octanol–water partition coefficient (Wildman–Crippen LogP) is 4.01. The van der Waals surface area contributed by atoms with Gasteiger partial charge in [-0.2, -0.15) is 0 Å². The molecule has 173 valence electrons. The summed E-state index contributed by atoms with van der Waals surface area (Å²) in [5, 5.41) is 5.15. The first-order chi connectivity index (χ1) is 15.7. The molecule has 11 heteroatoms. The molecular weight excluding hydrogens is 476 g/mol. The van der Waals surface area contributed by atoms with Gasteiger partial charge in [-0.05, 0) is 24.2 Å². The number of nitrogens with one attached hydrogen (secondary N) is 2. The van der Waals surface area contributed by atoms with Crippen molar-refractivity contribution >= 4 is 46.9 Å². The van der Waals surface area contributed by atoms with Crippen LogP contribution in [0, 0.1) is 0 Å². The predicted molar refractivity (Wildman–Crippen MR) is 132 cm³/mol. The maximum atomic E-state index is 12.9. The standard InChI is InChI=1S/C22H25N4O4S2Si/c1-4-13-33(22(28)24-21-23-19(15-31-21)16-9-6-5-7-10-16)25-20(27)17-11-8-12-18(14-17)32(29,30)26(2)3/h5-12,14-15H,4,13H2,1-3H3,(H,25,27)(H,23,24,28). The van der Waals surface area contributed by atoms with E-state index in [1.165, 1.54) is 49.7 Å². The summed E-state index contributed by atoms with van der Waals surface area (Å²) < 4.78 is 25.8. The minimum atomic E-state index is -3.67. The molecule has 8 nitrogen and oxygen atoms in total. The topological polar surface area (TPSA) is 108 Å². The number of anilines is 1. The third-order valence-electron chi connectivity index (χ3n) is 4.71. The van der Waals surface area contributed by atoms with Crippen molar-refractivity contribution in [1.82, 2.24) is 14.3 Å². The van der Waals surface area contributed by atoms with Crippen LogP contribution in [-0.4, -0.2) is 52.2 Å². The number of aromatic nitrogens is 1. The van der Waals surface area contributed by atoms with E-state index in [4.69, 9.17) is 0 Å². The molecule has 1 heterocycles. The zero-order valence-corrected chi connectivity index (χ0v) is 21.2. The highest BCUT2D eigenvalue weighted by atomic mass is 32.2. The molecule has 0 unspecified atom stereocenters. The van der Waals surface area contributed by atoms with E-state index in [0.717, 1.165) is 15.6 Å². The van der Waals surface area contributed by atoms with Crippen LogP contribution in [0.25, 0.3) is 11.3 Å². The number of sulfonamides is 1. The van der Waals surface area contributed by atoms with Gasteiger partial charge in [-0.3, -0.25) is 9.59 Å². The molecule has 2 amide bonds. The van der Waals surface area contributed by atoms with Gasteiger partial charge in [0, 0.05) is 30.6 Å². The summed E-state index contributed by atoms with van der Waals surface area (Å²) >= 11 is 1.32. The summed E-state index contributed by atoms with van der Waals surface area (Å²) in [5.41, 5.74) is 1.63. The van der Waals surface area contributed by atoms with Crippen molar-refractivity contribution in [2.24, 2.45) is 0 Å². The van der Waals surface area contributed by atoms with Gasteiger partial charge in [-0.15, -0.1) is 11.3 Å². The third-order valence-corrected chi connectivity index (χ3v) is 9.48. The van der Waals surface area contributed by atoms with Gasteiger partial charge in [0.25, 0.3) is 8.96 Å². The lowest BCUT2D eigenvalue weighted by Gasteiger charge is -2.15. The van der Waals surface area contributed by atoms with E-state index in [1.54, 1.807) is 0 Å². The Labute approximate surface area is 199 Å². The van der Waals surface area contributed by atoms with E-state index in [9.17, 15) is 18.0 Å². The van der Waals surface area contributed by atoms with Gasteiger partial charge in [0.15, 0.2) is 5.13 Å². The maximum Gasteiger partial charge on any atom is 0.281 e. The molecule has 0 saturated heterocycles. The highest BCUT2D eigenvalue weighted by molar-refractivity contribution is 7.89. The van der Waals surface area contributed by atoms with Crippen molar-refractivity contribution in [3.05, 3.63) is 65.5 Å². The Hall–Kier alpha value is -2.86. The summed E-state index contributed by atoms with van der Waals surface area (Å²) in [6.45, 7) is 1.94. The number of benzene rings is 2. The molecule has 1 radical (unpaired) electrons. The molecule has 0 aliphatic rings. The zero-order valence-electron chi connectivity index (χ0n) is 18.5. The minimum Gasteiger partial charge on any atom is -0.370 e. The number of carbonyl (C=O) groups excluding carboxylic acids is 2. The highest BCUT2D eigenvalue weighted by Crippen LogP contribution is 2.25. The number of nitrogens with zero attached hydrogens (tertiary/aromatic N) is 2. The Morgan fingerprint density at radius 1 is 1.09 bits per heavy atom. The van der Waals surface area contributed by atoms with Crippen molar-refractivity contribution in [3.63, 3.8) is 0 Å². The van der Waals surface area contributed by atoms with Crippen molar-refractivity contribution in [1.29, 1.82) is 0 Å². The summed E-state index contributed by atoms with van der Waals surface area (Å²) in [4.78, 5) is 33.1. The summed E-state index contributed by atoms with van der Waals surface area (Å²) in [6, 6.07) is 16.0. The van der Waals surface area contributed by atoms with Crippen LogP contribution >= 0.6 is 11.3 Å². The molecule has 0 fully saturated rings. The van der Waals surface area contributed by atoms with E-state index in [1.807, 2.05) is 42.6 Å². The molecule has 0 atom stereocenters. The van der Waals surface area contributed by atoms with E-state index in [2.05, 4.69) is 15.3 Å². The second kappa shape index (κ2) is 10.8. The molecule has 0 spiro atoms. The smallest absolute Gasteiger partial charge is 0.281 e. The van der Waals surface area contributed by atoms with Gasteiger partial charge in [-0.1, -0.05) is 49.7 Å². The van der Waals surface area contributed by atoms with Gasteiger partial charge in [0.1, 0.15) is 0 Å². The molecule has 2 aromatic carbocycles. The second-order valence-electron chi connectivity index (χ2n) is 7.36. The van der Waals surface area contributed by atoms with Crippen molar-refractivity contribution in [2.75, 3.05) is 19.4 Å². The Morgan fingerprint density at radius 3 is 2.48 bits per heavy atom. The number of rotatable bonds is 9. The summed E-state index contributed by atoms with van der Waals surface area (Å²) in [7, 11) is -2.80. The number of hydrogen-bond acceptors (Lipinski definition) is 6. The van der Waals surface area contributed by atoms with E-state index < -0.39 is 24.9 Å². The van der Waals surface area contributed by atoms with E-state index in [-0.39, 0.29) is 16.0 Å². The molecule has 33 heavy (non-hydrogen) atoms. The number of hydrogen-bond donors (Lipinski definition) is 2. The molecule has 3 aromatic rings. The maximum absolute atomic E-state index is 12.9. The van der Waals surface area contributed by atoms with Crippen LogP contribution in [0.2, 0.25) is 6.04 Å². The van der Waals surface area contributed by atoms with Crippen molar-refractivity contribution in [2.45, 2.75) is 24.3 Å². The van der Waals surface area contributed by atoms with Crippen LogP contribution < -0.4 is 10.3 Å². The van der Waals surface area contributed by atoms with Gasteiger partial charge < -0.3 is 10.3 Å². The van der Waals surface area contributed by atoms with Gasteiger partial charge in [-0.25, -0.2) is 17.7 Å². The Balaban J connectivity index is 1.72. The quantitative estimate of drug-likeness (QED) is 0.431. The average Bonchev–Trinajstić information content (AvgIpc) is 3.27. The van der Waals surface area contributed by atoms with E-state index >= 15 is 0 Å². The first-order valence-electron chi connectivity index (χ1n) is 10.2. The fraction of sp³-hybridized carbons (Fsp3) is 0.227. The fourth-order valence-electron chi connectivity index (χ4n) is 2.95. The number of carbonyl (C=O) groups is 2. The van der Waals surface area contributed by atoms with Crippen LogP contribution in [-0.2, 0) is 10.0 Å². The molecule has 1 aromatic heterocycles. The normalized spacial score (nSPS) is 11.5.